The van der Waals surface area contributed by atoms with Crippen LogP contribution in [-0.4, -0.2) is 40.3 Å². The number of aromatic nitrogens is 1. The highest BCUT2D eigenvalue weighted by atomic mass is 35.5. The Kier molecular flexibility index (Phi) is 4.06. The number of aryl methyl sites for hydroxylation is 1. The molecule has 5 nitrogen and oxygen atoms in total. The van der Waals surface area contributed by atoms with Gasteiger partial charge < -0.3 is 15.2 Å². The topological polar surface area (TPSA) is 65.2 Å². The molecule has 1 saturated heterocycles. The minimum atomic E-state index is -0.167. The predicted molar refractivity (Wildman–Crippen MR) is 90.8 cm³/mol. The standard InChI is InChI=1S/C17H20ClN3O2/c1-9(2)21-8-12(7-15(21)22)20-17(23)16-10(3)19-14-5-4-11(18)6-13(14)16/h4-6,9,12,19H,7-8H2,1-3H3,(H,20,23). The van der Waals surface area contributed by atoms with E-state index in [1.54, 1.807) is 17.0 Å². The maximum absolute atomic E-state index is 12.7. The predicted octanol–water partition coefficient (Wildman–Crippen LogP) is 2.87. The van der Waals surface area contributed by atoms with E-state index in [0.717, 1.165) is 16.6 Å². The molecule has 2 N–H and O–H groups in total. The molecule has 1 aliphatic heterocycles. The fraction of sp³-hybridized carbons (Fsp3) is 0.412. The number of carbonyl (C=O) groups is 2. The average Bonchev–Trinajstić information content (AvgIpc) is 2.97. The molecule has 1 atom stereocenters. The van der Waals surface area contributed by atoms with Gasteiger partial charge in [0.25, 0.3) is 5.91 Å². The van der Waals surface area contributed by atoms with E-state index in [0.29, 0.717) is 23.6 Å². The minimum Gasteiger partial charge on any atom is -0.358 e. The molecule has 3 rings (SSSR count). The normalized spacial score (nSPS) is 18.2. The van der Waals surface area contributed by atoms with Crippen molar-refractivity contribution in [3.63, 3.8) is 0 Å². The maximum atomic E-state index is 12.7. The minimum absolute atomic E-state index is 0.0870. The first-order valence-corrected chi connectivity index (χ1v) is 8.12. The van der Waals surface area contributed by atoms with Crippen LogP contribution in [0.2, 0.25) is 5.02 Å². The van der Waals surface area contributed by atoms with Gasteiger partial charge in [-0.05, 0) is 39.0 Å². The third-order valence-electron chi connectivity index (χ3n) is 4.29. The van der Waals surface area contributed by atoms with Crippen molar-refractivity contribution in [2.24, 2.45) is 0 Å². The molecule has 2 amide bonds. The molecule has 122 valence electrons. The van der Waals surface area contributed by atoms with E-state index in [2.05, 4.69) is 10.3 Å². The number of halogens is 1. The molecule has 1 aliphatic rings. The third-order valence-corrected chi connectivity index (χ3v) is 4.53. The summed E-state index contributed by atoms with van der Waals surface area (Å²) in [6, 6.07) is 5.44. The number of rotatable bonds is 3. The van der Waals surface area contributed by atoms with Crippen LogP contribution >= 0.6 is 11.6 Å². The van der Waals surface area contributed by atoms with Crippen LogP contribution in [0, 0.1) is 6.92 Å². The quantitative estimate of drug-likeness (QED) is 0.907. The van der Waals surface area contributed by atoms with E-state index in [9.17, 15) is 9.59 Å². The maximum Gasteiger partial charge on any atom is 0.254 e. The Morgan fingerprint density at radius 2 is 2.17 bits per heavy atom. The summed E-state index contributed by atoms with van der Waals surface area (Å²) in [5.41, 5.74) is 2.27. The van der Waals surface area contributed by atoms with E-state index < -0.39 is 0 Å². The molecular weight excluding hydrogens is 314 g/mol. The first-order valence-electron chi connectivity index (χ1n) is 7.75. The van der Waals surface area contributed by atoms with Gasteiger partial charge in [0.1, 0.15) is 0 Å². The molecule has 0 aliphatic carbocycles. The largest absolute Gasteiger partial charge is 0.358 e. The zero-order valence-electron chi connectivity index (χ0n) is 13.4. The van der Waals surface area contributed by atoms with E-state index in [-0.39, 0.29) is 23.9 Å². The van der Waals surface area contributed by atoms with Gasteiger partial charge in [-0.15, -0.1) is 0 Å². The molecule has 0 saturated carbocycles. The number of aromatic amines is 1. The Morgan fingerprint density at radius 3 is 2.83 bits per heavy atom. The van der Waals surface area contributed by atoms with Crippen molar-refractivity contribution in [3.8, 4) is 0 Å². The van der Waals surface area contributed by atoms with Gasteiger partial charge in [-0.3, -0.25) is 9.59 Å². The molecule has 2 aromatic rings. The number of hydrogen-bond donors (Lipinski definition) is 2. The number of H-pyrrole nitrogens is 1. The van der Waals surface area contributed by atoms with Crippen molar-refractivity contribution in [2.45, 2.75) is 39.3 Å². The number of fused-ring (bicyclic) bond motifs is 1. The Morgan fingerprint density at radius 1 is 1.43 bits per heavy atom. The molecule has 0 spiro atoms. The van der Waals surface area contributed by atoms with Crippen molar-refractivity contribution >= 4 is 34.3 Å². The summed E-state index contributed by atoms with van der Waals surface area (Å²) >= 11 is 6.05. The van der Waals surface area contributed by atoms with Crippen molar-refractivity contribution in [2.75, 3.05) is 6.54 Å². The fourth-order valence-corrected chi connectivity index (χ4v) is 3.35. The highest BCUT2D eigenvalue weighted by molar-refractivity contribution is 6.31. The molecule has 1 fully saturated rings. The van der Waals surface area contributed by atoms with Gasteiger partial charge in [0.05, 0.1) is 11.6 Å². The summed E-state index contributed by atoms with van der Waals surface area (Å²) in [7, 11) is 0. The summed E-state index contributed by atoms with van der Waals surface area (Å²) in [6.07, 6.45) is 0.353. The molecule has 2 heterocycles. The van der Waals surface area contributed by atoms with Gasteiger partial charge in [0.15, 0.2) is 0 Å². The second-order valence-corrected chi connectivity index (χ2v) is 6.77. The van der Waals surface area contributed by atoms with Gasteiger partial charge >= 0.3 is 0 Å². The van der Waals surface area contributed by atoms with Gasteiger partial charge in [0, 0.05) is 40.6 Å². The zero-order valence-corrected chi connectivity index (χ0v) is 14.2. The number of nitrogens with one attached hydrogen (secondary N) is 2. The lowest BCUT2D eigenvalue weighted by Crippen LogP contribution is -2.39. The monoisotopic (exact) mass is 333 g/mol. The number of hydrogen-bond acceptors (Lipinski definition) is 2. The molecule has 23 heavy (non-hydrogen) atoms. The first-order chi connectivity index (χ1) is 10.9. The third kappa shape index (κ3) is 2.93. The summed E-state index contributed by atoms with van der Waals surface area (Å²) < 4.78 is 0. The lowest BCUT2D eigenvalue weighted by Gasteiger charge is -2.21. The van der Waals surface area contributed by atoms with E-state index >= 15 is 0 Å². The van der Waals surface area contributed by atoms with Crippen molar-refractivity contribution in [1.29, 1.82) is 0 Å². The smallest absolute Gasteiger partial charge is 0.254 e. The second-order valence-electron chi connectivity index (χ2n) is 6.33. The van der Waals surface area contributed by atoms with Crippen LogP contribution in [0.5, 0.6) is 0 Å². The fourth-order valence-electron chi connectivity index (χ4n) is 3.18. The lowest BCUT2D eigenvalue weighted by molar-refractivity contribution is -0.129. The van der Waals surface area contributed by atoms with Crippen molar-refractivity contribution in [1.82, 2.24) is 15.2 Å². The van der Waals surface area contributed by atoms with E-state index in [4.69, 9.17) is 11.6 Å². The average molecular weight is 334 g/mol. The van der Waals surface area contributed by atoms with Crippen LogP contribution in [0.3, 0.4) is 0 Å². The van der Waals surface area contributed by atoms with Gasteiger partial charge in [-0.2, -0.15) is 0 Å². The SMILES string of the molecule is Cc1[nH]c2ccc(Cl)cc2c1C(=O)NC1CC(=O)N(C(C)C)C1. The highest BCUT2D eigenvalue weighted by Gasteiger charge is 2.32. The Labute approximate surface area is 140 Å². The molecule has 1 unspecified atom stereocenters. The molecule has 1 aromatic carbocycles. The number of nitrogens with zero attached hydrogens (tertiary/aromatic N) is 1. The molecule has 6 heteroatoms. The lowest BCUT2D eigenvalue weighted by atomic mass is 10.1. The Bertz CT molecular complexity index is 781. The van der Waals surface area contributed by atoms with Gasteiger partial charge in [0.2, 0.25) is 5.91 Å². The highest BCUT2D eigenvalue weighted by Crippen LogP contribution is 2.26. The van der Waals surface area contributed by atoms with Crippen LogP contribution in [0.15, 0.2) is 18.2 Å². The van der Waals surface area contributed by atoms with E-state index in [1.165, 1.54) is 0 Å². The summed E-state index contributed by atoms with van der Waals surface area (Å²) in [6.45, 7) is 6.38. The number of carbonyl (C=O) groups excluding carboxylic acids is 2. The molecule has 0 bridgehead atoms. The van der Waals surface area contributed by atoms with Crippen LogP contribution in [0.4, 0.5) is 0 Å². The molecule has 0 radical (unpaired) electrons. The summed E-state index contributed by atoms with van der Waals surface area (Å²) in [4.78, 5) is 29.7. The van der Waals surface area contributed by atoms with Crippen LogP contribution in [-0.2, 0) is 4.79 Å². The number of benzene rings is 1. The number of amides is 2. The van der Waals surface area contributed by atoms with Crippen molar-refractivity contribution in [3.05, 3.63) is 34.5 Å². The van der Waals surface area contributed by atoms with Crippen molar-refractivity contribution < 1.29 is 9.59 Å². The Balaban J connectivity index is 1.83. The first kappa shape index (κ1) is 15.9. The number of likely N-dealkylation sites (tertiary alicyclic amines) is 1. The molecular formula is C17H20ClN3O2. The summed E-state index contributed by atoms with van der Waals surface area (Å²) in [5, 5.41) is 4.38. The van der Waals surface area contributed by atoms with Crippen LogP contribution in [0.25, 0.3) is 10.9 Å². The van der Waals surface area contributed by atoms with Gasteiger partial charge in [-0.25, -0.2) is 0 Å². The Hall–Kier alpha value is -2.01. The van der Waals surface area contributed by atoms with E-state index in [1.807, 2.05) is 26.8 Å². The van der Waals surface area contributed by atoms with Gasteiger partial charge in [-0.1, -0.05) is 11.6 Å². The second kappa shape index (κ2) is 5.89. The van der Waals surface area contributed by atoms with Crippen LogP contribution in [0.1, 0.15) is 36.3 Å². The summed E-state index contributed by atoms with van der Waals surface area (Å²) in [5.74, 6) is -0.0802. The molecule has 1 aromatic heterocycles. The van der Waals surface area contributed by atoms with Crippen LogP contribution < -0.4 is 5.32 Å². The zero-order chi connectivity index (χ0) is 16.7.